The van der Waals surface area contributed by atoms with Crippen molar-refractivity contribution >= 4 is 23.3 Å². The van der Waals surface area contributed by atoms with Crippen molar-refractivity contribution < 1.29 is 4.79 Å². The van der Waals surface area contributed by atoms with Crippen LogP contribution in [0.1, 0.15) is 4.88 Å². The molecule has 0 aliphatic rings. The van der Waals surface area contributed by atoms with Crippen LogP contribution in [0, 0.1) is 0 Å². The summed E-state index contributed by atoms with van der Waals surface area (Å²) in [4.78, 5) is 13.7. The third kappa shape index (κ3) is 2.51. The van der Waals surface area contributed by atoms with Gasteiger partial charge in [-0.3, -0.25) is 4.79 Å². The Kier molecular flexibility index (Phi) is 3.05. The number of thiophene rings is 1. The summed E-state index contributed by atoms with van der Waals surface area (Å²) in [6.07, 6.45) is 3.40. The number of carbonyl (C=O) groups excluding carboxylic acids is 1. The Hall–Kier alpha value is -1.09. The number of nitrogens with zero attached hydrogens (tertiary/aromatic N) is 1. The molecule has 0 saturated carbocycles. The molecule has 64 valence electrons. The van der Waals surface area contributed by atoms with Crippen LogP contribution in [0.4, 0.5) is 0 Å². The summed E-state index contributed by atoms with van der Waals surface area (Å²) in [5.74, 6) is 0.0170. The molecule has 1 aromatic heterocycles. The molecular weight excluding hydrogens is 170 g/mol. The van der Waals surface area contributed by atoms with Gasteiger partial charge in [0.05, 0.1) is 0 Å². The number of likely N-dealkylation sites (N-methyl/N-ethyl adjacent to an activating group) is 1. The summed E-state index contributed by atoms with van der Waals surface area (Å²) in [6, 6.07) is 3.94. The van der Waals surface area contributed by atoms with E-state index in [9.17, 15) is 4.79 Å². The van der Waals surface area contributed by atoms with Crippen molar-refractivity contribution in [2.75, 3.05) is 14.1 Å². The molecule has 1 heterocycles. The maximum atomic E-state index is 11.1. The fourth-order valence-electron chi connectivity index (χ4n) is 0.689. The van der Waals surface area contributed by atoms with Gasteiger partial charge in [0.2, 0.25) is 5.91 Å². The van der Waals surface area contributed by atoms with Crippen LogP contribution in [0.2, 0.25) is 0 Å². The van der Waals surface area contributed by atoms with E-state index >= 15 is 0 Å². The van der Waals surface area contributed by atoms with Gasteiger partial charge in [-0.1, -0.05) is 6.07 Å². The molecule has 0 aliphatic heterocycles. The molecule has 0 unspecified atom stereocenters. The zero-order valence-electron chi connectivity index (χ0n) is 7.15. The molecule has 0 bridgehead atoms. The molecule has 2 nitrogen and oxygen atoms in total. The van der Waals surface area contributed by atoms with E-state index in [-0.39, 0.29) is 5.91 Å². The first-order valence-electron chi connectivity index (χ1n) is 3.63. The average Bonchev–Trinajstić information content (AvgIpc) is 2.51. The van der Waals surface area contributed by atoms with Crippen molar-refractivity contribution in [2.45, 2.75) is 0 Å². The van der Waals surface area contributed by atoms with Gasteiger partial charge >= 0.3 is 0 Å². The van der Waals surface area contributed by atoms with E-state index < -0.39 is 0 Å². The second-order valence-electron chi connectivity index (χ2n) is 2.58. The van der Waals surface area contributed by atoms with Crippen LogP contribution in [0.15, 0.2) is 23.6 Å². The average molecular weight is 181 g/mol. The Morgan fingerprint density at radius 3 is 2.83 bits per heavy atom. The molecule has 0 radical (unpaired) electrons. The van der Waals surface area contributed by atoms with Crippen molar-refractivity contribution in [3.05, 3.63) is 28.5 Å². The van der Waals surface area contributed by atoms with Crippen molar-refractivity contribution in [1.82, 2.24) is 4.90 Å². The summed E-state index contributed by atoms with van der Waals surface area (Å²) >= 11 is 1.62. The van der Waals surface area contributed by atoms with Crippen LogP contribution in [0.3, 0.4) is 0 Å². The largest absolute Gasteiger partial charge is 0.345 e. The molecule has 1 aromatic rings. The third-order valence-corrected chi connectivity index (χ3v) is 2.21. The van der Waals surface area contributed by atoms with Crippen LogP contribution < -0.4 is 0 Å². The van der Waals surface area contributed by atoms with E-state index in [1.807, 2.05) is 23.6 Å². The van der Waals surface area contributed by atoms with Crippen molar-refractivity contribution in [1.29, 1.82) is 0 Å². The number of hydrogen-bond donors (Lipinski definition) is 0. The van der Waals surface area contributed by atoms with Gasteiger partial charge in [0.25, 0.3) is 0 Å². The first-order chi connectivity index (χ1) is 5.70. The summed E-state index contributed by atoms with van der Waals surface area (Å²) in [5, 5.41) is 1.99. The normalized spacial score (nSPS) is 10.5. The SMILES string of the molecule is CN(C)C(=O)C=Cc1cccs1. The second-order valence-corrected chi connectivity index (χ2v) is 3.56. The Morgan fingerprint density at radius 2 is 2.33 bits per heavy atom. The van der Waals surface area contributed by atoms with Crippen molar-refractivity contribution in [2.24, 2.45) is 0 Å². The lowest BCUT2D eigenvalue weighted by molar-refractivity contribution is -0.123. The molecule has 3 heteroatoms. The summed E-state index contributed by atoms with van der Waals surface area (Å²) < 4.78 is 0. The van der Waals surface area contributed by atoms with E-state index in [2.05, 4.69) is 0 Å². The quantitative estimate of drug-likeness (QED) is 0.638. The van der Waals surface area contributed by atoms with Crippen molar-refractivity contribution in [3.63, 3.8) is 0 Å². The molecule has 0 saturated heterocycles. The van der Waals surface area contributed by atoms with Crippen LogP contribution in [-0.2, 0) is 4.79 Å². The fraction of sp³-hybridized carbons (Fsp3) is 0.222. The highest BCUT2D eigenvalue weighted by Crippen LogP contribution is 2.09. The number of amides is 1. The lowest BCUT2D eigenvalue weighted by Crippen LogP contribution is -2.18. The lowest BCUT2D eigenvalue weighted by Gasteiger charge is -2.04. The van der Waals surface area contributed by atoms with Gasteiger partial charge in [0, 0.05) is 25.0 Å². The Morgan fingerprint density at radius 1 is 1.58 bits per heavy atom. The van der Waals surface area contributed by atoms with E-state index in [4.69, 9.17) is 0 Å². The molecule has 0 fully saturated rings. The van der Waals surface area contributed by atoms with Crippen LogP contribution in [0.25, 0.3) is 6.08 Å². The molecular formula is C9H11NOS. The van der Waals surface area contributed by atoms with Crippen molar-refractivity contribution in [3.8, 4) is 0 Å². The summed E-state index contributed by atoms with van der Waals surface area (Å²) in [5.41, 5.74) is 0. The standard InChI is InChI=1S/C9H11NOS/c1-10(2)9(11)6-5-8-4-3-7-12-8/h3-7H,1-2H3. The fourth-order valence-corrected chi connectivity index (χ4v) is 1.31. The maximum absolute atomic E-state index is 11.1. The first-order valence-corrected chi connectivity index (χ1v) is 4.51. The van der Waals surface area contributed by atoms with Crippen LogP contribution in [-0.4, -0.2) is 24.9 Å². The van der Waals surface area contributed by atoms with Crippen LogP contribution >= 0.6 is 11.3 Å². The molecule has 0 atom stereocenters. The van der Waals surface area contributed by atoms with Gasteiger partial charge in [0.15, 0.2) is 0 Å². The minimum absolute atomic E-state index is 0.0170. The van der Waals surface area contributed by atoms with E-state index in [0.29, 0.717) is 0 Å². The van der Waals surface area contributed by atoms with Gasteiger partial charge in [-0.15, -0.1) is 11.3 Å². The van der Waals surface area contributed by atoms with E-state index in [1.165, 1.54) is 0 Å². The van der Waals surface area contributed by atoms with E-state index in [1.54, 1.807) is 36.4 Å². The van der Waals surface area contributed by atoms with Gasteiger partial charge < -0.3 is 4.90 Å². The van der Waals surface area contributed by atoms with E-state index in [0.717, 1.165) is 4.88 Å². The molecule has 0 spiro atoms. The topological polar surface area (TPSA) is 20.3 Å². The molecule has 0 aliphatic carbocycles. The minimum Gasteiger partial charge on any atom is -0.345 e. The van der Waals surface area contributed by atoms with Gasteiger partial charge in [0.1, 0.15) is 0 Å². The highest BCUT2D eigenvalue weighted by molar-refractivity contribution is 7.10. The minimum atomic E-state index is 0.0170. The number of carbonyl (C=O) groups is 1. The lowest BCUT2D eigenvalue weighted by atomic mass is 10.4. The predicted molar refractivity (Wildman–Crippen MR) is 52.0 cm³/mol. The Labute approximate surface area is 76.1 Å². The monoisotopic (exact) mass is 181 g/mol. The zero-order valence-corrected chi connectivity index (χ0v) is 7.97. The van der Waals surface area contributed by atoms with Gasteiger partial charge in [-0.2, -0.15) is 0 Å². The summed E-state index contributed by atoms with van der Waals surface area (Å²) in [6.45, 7) is 0. The maximum Gasteiger partial charge on any atom is 0.246 e. The number of hydrogen-bond acceptors (Lipinski definition) is 2. The molecule has 12 heavy (non-hydrogen) atoms. The highest BCUT2D eigenvalue weighted by Gasteiger charge is 1.96. The smallest absolute Gasteiger partial charge is 0.246 e. The highest BCUT2D eigenvalue weighted by atomic mass is 32.1. The Balaban J connectivity index is 2.57. The molecule has 1 rings (SSSR count). The zero-order chi connectivity index (χ0) is 8.97. The molecule has 0 aromatic carbocycles. The summed E-state index contributed by atoms with van der Waals surface area (Å²) in [7, 11) is 3.47. The molecule has 1 amide bonds. The number of rotatable bonds is 2. The molecule has 0 N–H and O–H groups in total. The second kappa shape index (κ2) is 4.07. The predicted octanol–water partition coefficient (Wildman–Crippen LogP) is 1.85. The third-order valence-electron chi connectivity index (χ3n) is 1.37. The first kappa shape index (κ1) is 9.00. The van der Waals surface area contributed by atoms with Gasteiger partial charge in [-0.25, -0.2) is 0 Å². The van der Waals surface area contributed by atoms with Crippen LogP contribution in [0.5, 0.6) is 0 Å². The Bertz CT molecular complexity index is 275. The van der Waals surface area contributed by atoms with Gasteiger partial charge in [-0.05, 0) is 17.5 Å².